The number of aromatic nitrogens is 2. The highest BCUT2D eigenvalue weighted by molar-refractivity contribution is 5.64. The number of methoxy groups -OCH3 is 1. The molecule has 3 nitrogen and oxygen atoms in total. The molecule has 0 amide bonds. The molecule has 0 fully saturated rings. The minimum Gasteiger partial charge on any atom is -0.377 e. The van der Waals surface area contributed by atoms with Crippen molar-refractivity contribution >= 4 is 0 Å². The summed E-state index contributed by atoms with van der Waals surface area (Å²) in [6, 6.07) is 18.1. The fourth-order valence-electron chi connectivity index (χ4n) is 2.35. The molecule has 1 atom stereocenters. The van der Waals surface area contributed by atoms with Gasteiger partial charge in [0.2, 0.25) is 0 Å². The Morgan fingerprint density at radius 1 is 0.870 bits per heavy atom. The van der Waals surface area contributed by atoms with E-state index >= 15 is 0 Å². The van der Waals surface area contributed by atoms with Gasteiger partial charge in [-0.25, -0.2) is 4.39 Å². The summed E-state index contributed by atoms with van der Waals surface area (Å²) in [4.78, 5) is 0. The maximum absolute atomic E-state index is 13.0. The van der Waals surface area contributed by atoms with Gasteiger partial charge in [-0.2, -0.15) is 0 Å². The Morgan fingerprint density at radius 3 is 2.13 bits per heavy atom. The molecule has 1 unspecified atom stereocenters. The average molecular weight is 308 g/mol. The van der Waals surface area contributed by atoms with Gasteiger partial charge >= 0.3 is 0 Å². The fourth-order valence-corrected chi connectivity index (χ4v) is 2.35. The van der Waals surface area contributed by atoms with Crippen molar-refractivity contribution in [2.24, 2.45) is 0 Å². The summed E-state index contributed by atoms with van der Waals surface area (Å²) < 4.78 is 18.3. The van der Waals surface area contributed by atoms with Gasteiger partial charge in [-0.05, 0) is 55.0 Å². The summed E-state index contributed by atoms with van der Waals surface area (Å²) in [6.07, 6.45) is 0.0291. The molecule has 0 aliphatic heterocycles. The standard InChI is InChI=1S/C19H17FN2O/c1-13(23-2)15-4-3-5-16(12-15)19-11-10-18(21-22-19)14-6-8-17(20)9-7-14/h3-13H,1-2H3. The van der Waals surface area contributed by atoms with E-state index in [-0.39, 0.29) is 11.9 Å². The van der Waals surface area contributed by atoms with Crippen LogP contribution in [0.5, 0.6) is 0 Å². The monoisotopic (exact) mass is 308 g/mol. The first-order valence-electron chi connectivity index (χ1n) is 7.40. The first-order valence-corrected chi connectivity index (χ1v) is 7.40. The average Bonchev–Trinajstić information content (AvgIpc) is 2.62. The largest absolute Gasteiger partial charge is 0.377 e. The lowest BCUT2D eigenvalue weighted by molar-refractivity contribution is 0.119. The van der Waals surface area contributed by atoms with Crippen molar-refractivity contribution in [3.8, 4) is 22.5 Å². The Morgan fingerprint density at radius 2 is 1.52 bits per heavy atom. The van der Waals surface area contributed by atoms with Crippen molar-refractivity contribution in [2.45, 2.75) is 13.0 Å². The maximum Gasteiger partial charge on any atom is 0.123 e. The number of hydrogen-bond acceptors (Lipinski definition) is 3. The Balaban J connectivity index is 1.89. The van der Waals surface area contributed by atoms with E-state index in [0.29, 0.717) is 0 Å². The zero-order valence-electron chi connectivity index (χ0n) is 13.0. The Labute approximate surface area is 134 Å². The summed E-state index contributed by atoms with van der Waals surface area (Å²) in [7, 11) is 1.69. The van der Waals surface area contributed by atoms with Crippen LogP contribution in [0.15, 0.2) is 60.7 Å². The van der Waals surface area contributed by atoms with Gasteiger partial charge in [-0.15, -0.1) is 10.2 Å². The minimum absolute atomic E-state index is 0.0291. The van der Waals surface area contributed by atoms with Gasteiger partial charge < -0.3 is 4.74 Å². The molecule has 116 valence electrons. The predicted molar refractivity (Wildman–Crippen MR) is 88.3 cm³/mol. The number of halogens is 1. The molecule has 0 aliphatic rings. The van der Waals surface area contributed by atoms with Gasteiger partial charge in [-0.3, -0.25) is 0 Å². The molecular formula is C19H17FN2O. The fraction of sp³-hybridized carbons (Fsp3) is 0.158. The SMILES string of the molecule is COC(C)c1cccc(-c2ccc(-c3ccc(F)cc3)nn2)c1. The topological polar surface area (TPSA) is 35.0 Å². The van der Waals surface area contributed by atoms with Crippen molar-refractivity contribution in [1.82, 2.24) is 10.2 Å². The zero-order valence-corrected chi connectivity index (χ0v) is 13.0. The molecule has 0 bridgehead atoms. The summed E-state index contributed by atoms with van der Waals surface area (Å²) >= 11 is 0. The van der Waals surface area contributed by atoms with Crippen LogP contribution < -0.4 is 0 Å². The van der Waals surface area contributed by atoms with Crippen LogP contribution in [-0.4, -0.2) is 17.3 Å². The van der Waals surface area contributed by atoms with Crippen LogP contribution in [0.3, 0.4) is 0 Å². The van der Waals surface area contributed by atoms with Gasteiger partial charge in [0.25, 0.3) is 0 Å². The third-order valence-electron chi connectivity index (χ3n) is 3.81. The number of rotatable bonds is 4. The summed E-state index contributed by atoms with van der Waals surface area (Å²) in [6.45, 7) is 2.00. The van der Waals surface area contributed by atoms with Crippen LogP contribution in [0.2, 0.25) is 0 Å². The van der Waals surface area contributed by atoms with Crippen molar-refractivity contribution in [3.63, 3.8) is 0 Å². The molecule has 0 saturated carbocycles. The van der Waals surface area contributed by atoms with E-state index in [1.807, 2.05) is 37.3 Å². The van der Waals surface area contributed by atoms with Crippen LogP contribution in [-0.2, 0) is 4.74 Å². The second-order valence-corrected chi connectivity index (χ2v) is 5.31. The second-order valence-electron chi connectivity index (χ2n) is 5.31. The number of ether oxygens (including phenoxy) is 1. The minimum atomic E-state index is -0.262. The first kappa shape index (κ1) is 15.3. The number of benzene rings is 2. The van der Waals surface area contributed by atoms with E-state index in [2.05, 4.69) is 16.3 Å². The lowest BCUT2D eigenvalue weighted by Gasteiger charge is -2.11. The Kier molecular flexibility index (Phi) is 4.44. The van der Waals surface area contributed by atoms with Gasteiger partial charge in [0.15, 0.2) is 0 Å². The smallest absolute Gasteiger partial charge is 0.123 e. The molecule has 0 N–H and O–H groups in total. The van der Waals surface area contributed by atoms with E-state index < -0.39 is 0 Å². The number of hydrogen-bond donors (Lipinski definition) is 0. The van der Waals surface area contributed by atoms with Gasteiger partial charge in [0, 0.05) is 18.2 Å². The summed E-state index contributed by atoms with van der Waals surface area (Å²) in [5, 5.41) is 8.54. The van der Waals surface area contributed by atoms with Crippen molar-refractivity contribution in [2.75, 3.05) is 7.11 Å². The van der Waals surface area contributed by atoms with Gasteiger partial charge in [0.05, 0.1) is 17.5 Å². The molecule has 0 radical (unpaired) electrons. The lowest BCUT2D eigenvalue weighted by atomic mass is 10.0. The van der Waals surface area contributed by atoms with Crippen molar-refractivity contribution in [3.05, 3.63) is 72.0 Å². The van der Waals surface area contributed by atoms with E-state index in [1.165, 1.54) is 12.1 Å². The Hall–Kier alpha value is -2.59. The van der Waals surface area contributed by atoms with Crippen LogP contribution in [0, 0.1) is 5.82 Å². The molecule has 0 aliphatic carbocycles. The molecule has 3 rings (SSSR count). The van der Waals surface area contributed by atoms with Crippen molar-refractivity contribution in [1.29, 1.82) is 0 Å². The first-order chi connectivity index (χ1) is 11.2. The molecule has 4 heteroatoms. The third-order valence-corrected chi connectivity index (χ3v) is 3.81. The lowest BCUT2D eigenvalue weighted by Crippen LogP contribution is -1.96. The molecular weight excluding hydrogens is 291 g/mol. The third kappa shape index (κ3) is 3.43. The van der Waals surface area contributed by atoms with E-state index in [0.717, 1.165) is 28.1 Å². The highest BCUT2D eigenvalue weighted by Gasteiger charge is 2.07. The quantitative estimate of drug-likeness (QED) is 0.703. The highest BCUT2D eigenvalue weighted by atomic mass is 19.1. The molecule has 0 spiro atoms. The van der Waals surface area contributed by atoms with Crippen LogP contribution in [0.1, 0.15) is 18.6 Å². The number of nitrogens with zero attached hydrogens (tertiary/aromatic N) is 2. The van der Waals surface area contributed by atoms with Gasteiger partial charge in [0.1, 0.15) is 5.82 Å². The second kappa shape index (κ2) is 6.67. The van der Waals surface area contributed by atoms with E-state index in [4.69, 9.17) is 4.74 Å². The zero-order chi connectivity index (χ0) is 16.2. The highest BCUT2D eigenvalue weighted by Crippen LogP contribution is 2.24. The summed E-state index contributed by atoms with van der Waals surface area (Å²) in [5.41, 5.74) is 4.43. The maximum atomic E-state index is 13.0. The van der Waals surface area contributed by atoms with E-state index in [9.17, 15) is 4.39 Å². The van der Waals surface area contributed by atoms with E-state index in [1.54, 1.807) is 19.2 Å². The van der Waals surface area contributed by atoms with Crippen LogP contribution >= 0.6 is 0 Å². The normalized spacial score (nSPS) is 12.1. The summed E-state index contributed by atoms with van der Waals surface area (Å²) in [5.74, 6) is -0.262. The van der Waals surface area contributed by atoms with Crippen molar-refractivity contribution < 1.29 is 9.13 Å². The van der Waals surface area contributed by atoms with Gasteiger partial charge in [-0.1, -0.05) is 18.2 Å². The Bertz CT molecular complexity index is 785. The predicted octanol–water partition coefficient (Wildman–Crippen LogP) is 4.66. The molecule has 1 heterocycles. The van der Waals surface area contributed by atoms with Crippen LogP contribution in [0.25, 0.3) is 22.5 Å². The molecule has 23 heavy (non-hydrogen) atoms. The van der Waals surface area contributed by atoms with Crippen LogP contribution in [0.4, 0.5) is 4.39 Å². The molecule has 1 aromatic heterocycles. The molecule has 0 saturated heterocycles. The molecule has 3 aromatic rings. The molecule has 2 aromatic carbocycles.